The lowest BCUT2D eigenvalue weighted by molar-refractivity contribution is 0.765. The molecular weight excluding hydrogens is 246 g/mol. The Morgan fingerprint density at radius 2 is 2.22 bits per heavy atom. The molecule has 0 saturated carbocycles. The second kappa shape index (κ2) is 5.86. The first kappa shape index (κ1) is 12.9. The molecule has 2 aromatic heterocycles. The molecule has 0 aliphatic heterocycles. The van der Waals surface area contributed by atoms with Crippen molar-refractivity contribution in [3.05, 3.63) is 24.2 Å². The van der Waals surface area contributed by atoms with Gasteiger partial charge in [0.25, 0.3) is 0 Å². The maximum atomic E-state index is 4.28. The molecule has 2 rings (SSSR count). The Morgan fingerprint density at radius 3 is 2.89 bits per heavy atom. The second-order valence-electron chi connectivity index (χ2n) is 3.99. The first-order valence-electron chi connectivity index (χ1n) is 5.94. The van der Waals surface area contributed by atoms with Gasteiger partial charge >= 0.3 is 0 Å². The third kappa shape index (κ3) is 3.01. The summed E-state index contributed by atoms with van der Waals surface area (Å²) in [5.41, 5.74) is 0. The number of anilines is 1. The van der Waals surface area contributed by atoms with E-state index in [1.54, 1.807) is 11.8 Å². The third-order valence-electron chi connectivity index (χ3n) is 2.55. The Balaban J connectivity index is 2.11. The van der Waals surface area contributed by atoms with E-state index in [0.29, 0.717) is 0 Å². The minimum absolute atomic E-state index is 0.889. The number of nitrogens with one attached hydrogen (secondary N) is 1. The van der Waals surface area contributed by atoms with E-state index in [-0.39, 0.29) is 0 Å². The van der Waals surface area contributed by atoms with Crippen molar-refractivity contribution in [3.63, 3.8) is 0 Å². The van der Waals surface area contributed by atoms with Gasteiger partial charge in [0.1, 0.15) is 11.6 Å². The van der Waals surface area contributed by atoms with Crippen LogP contribution in [0.15, 0.2) is 28.4 Å². The van der Waals surface area contributed by atoms with E-state index in [1.807, 2.05) is 36.9 Å². The molecule has 0 aliphatic carbocycles. The monoisotopic (exact) mass is 263 g/mol. The average molecular weight is 263 g/mol. The molecule has 0 unspecified atom stereocenters. The zero-order valence-electron chi connectivity index (χ0n) is 10.8. The van der Waals surface area contributed by atoms with Crippen LogP contribution in [0, 0.1) is 6.92 Å². The largest absolute Gasteiger partial charge is 0.370 e. The van der Waals surface area contributed by atoms with Crippen LogP contribution < -0.4 is 5.32 Å². The van der Waals surface area contributed by atoms with Gasteiger partial charge in [-0.05, 0) is 37.2 Å². The summed E-state index contributed by atoms with van der Waals surface area (Å²) in [6.07, 6.45) is 2.89. The van der Waals surface area contributed by atoms with Gasteiger partial charge in [-0.2, -0.15) is 0 Å². The fourth-order valence-corrected chi connectivity index (χ4v) is 2.27. The number of hydrogen-bond acceptors (Lipinski definition) is 5. The first-order chi connectivity index (χ1) is 8.70. The molecule has 96 valence electrons. The van der Waals surface area contributed by atoms with E-state index in [9.17, 15) is 0 Å². The summed E-state index contributed by atoms with van der Waals surface area (Å²) in [5, 5.41) is 12.3. The highest BCUT2D eigenvalue weighted by molar-refractivity contribution is 7.99. The van der Waals surface area contributed by atoms with E-state index in [2.05, 4.69) is 27.4 Å². The van der Waals surface area contributed by atoms with Crippen molar-refractivity contribution < 1.29 is 0 Å². The zero-order valence-corrected chi connectivity index (χ0v) is 11.7. The molecule has 0 spiro atoms. The number of nitrogens with zero attached hydrogens (tertiary/aromatic N) is 4. The van der Waals surface area contributed by atoms with Gasteiger partial charge < -0.3 is 9.88 Å². The highest BCUT2D eigenvalue weighted by atomic mass is 32.2. The smallest absolute Gasteiger partial charge is 0.195 e. The molecule has 0 bridgehead atoms. The van der Waals surface area contributed by atoms with Gasteiger partial charge in [-0.3, -0.25) is 0 Å². The summed E-state index contributed by atoms with van der Waals surface area (Å²) in [6, 6.07) is 4.01. The van der Waals surface area contributed by atoms with Crippen molar-refractivity contribution in [2.45, 2.75) is 30.3 Å². The summed E-state index contributed by atoms with van der Waals surface area (Å²) in [6.45, 7) is 5.01. The average Bonchev–Trinajstić information content (AvgIpc) is 2.69. The van der Waals surface area contributed by atoms with Crippen LogP contribution in [0.4, 0.5) is 5.82 Å². The molecule has 0 amide bonds. The predicted octanol–water partition coefficient (Wildman–Crippen LogP) is 2.49. The third-order valence-corrected chi connectivity index (χ3v) is 3.58. The summed E-state index contributed by atoms with van der Waals surface area (Å²) >= 11 is 1.59. The van der Waals surface area contributed by atoms with Gasteiger partial charge in [0.05, 0.1) is 0 Å². The van der Waals surface area contributed by atoms with E-state index >= 15 is 0 Å². The van der Waals surface area contributed by atoms with Gasteiger partial charge in [0.15, 0.2) is 5.16 Å². The molecule has 2 heterocycles. The Bertz CT molecular complexity index is 523. The van der Waals surface area contributed by atoms with E-state index < -0.39 is 0 Å². The molecule has 18 heavy (non-hydrogen) atoms. The lowest BCUT2D eigenvalue weighted by Crippen LogP contribution is -2.01. The van der Waals surface area contributed by atoms with Crippen LogP contribution in [0.1, 0.15) is 19.2 Å². The predicted molar refractivity (Wildman–Crippen MR) is 72.9 cm³/mol. The number of rotatable bonds is 5. The van der Waals surface area contributed by atoms with Gasteiger partial charge in [-0.15, -0.1) is 10.2 Å². The lowest BCUT2D eigenvalue weighted by Gasteiger charge is -2.05. The fraction of sp³-hybridized carbons (Fsp3) is 0.417. The van der Waals surface area contributed by atoms with Crippen molar-refractivity contribution in [2.75, 3.05) is 11.9 Å². The van der Waals surface area contributed by atoms with Crippen molar-refractivity contribution in [2.24, 2.45) is 7.05 Å². The zero-order chi connectivity index (χ0) is 13.0. The minimum Gasteiger partial charge on any atom is -0.370 e. The molecular formula is C12H17N5S. The Labute approximate surface area is 111 Å². The number of aromatic nitrogens is 4. The molecule has 5 nitrogen and oxygen atoms in total. The summed E-state index contributed by atoms with van der Waals surface area (Å²) in [4.78, 5) is 5.39. The molecule has 0 saturated heterocycles. The summed E-state index contributed by atoms with van der Waals surface area (Å²) in [5.74, 6) is 1.82. The molecule has 1 N–H and O–H groups in total. The SMILES string of the molecule is CCCNc1cc(Sc2nnc(C)n2C)ccn1. The quantitative estimate of drug-likeness (QED) is 0.898. The molecule has 2 aromatic rings. The number of hydrogen-bond donors (Lipinski definition) is 1. The molecule has 0 radical (unpaired) electrons. The highest BCUT2D eigenvalue weighted by Gasteiger charge is 2.07. The van der Waals surface area contributed by atoms with Crippen LogP contribution in [-0.4, -0.2) is 26.3 Å². The topological polar surface area (TPSA) is 55.6 Å². The Kier molecular flexibility index (Phi) is 4.19. The second-order valence-corrected chi connectivity index (χ2v) is 5.04. The van der Waals surface area contributed by atoms with Crippen molar-refractivity contribution in [1.82, 2.24) is 19.7 Å². The highest BCUT2D eigenvalue weighted by Crippen LogP contribution is 2.26. The van der Waals surface area contributed by atoms with Crippen LogP contribution in [0.2, 0.25) is 0 Å². The maximum absolute atomic E-state index is 4.28. The maximum Gasteiger partial charge on any atom is 0.195 e. The Morgan fingerprint density at radius 1 is 1.39 bits per heavy atom. The normalized spacial score (nSPS) is 10.6. The van der Waals surface area contributed by atoms with E-state index in [1.165, 1.54) is 0 Å². The van der Waals surface area contributed by atoms with Crippen LogP contribution in [0.3, 0.4) is 0 Å². The number of pyridine rings is 1. The minimum atomic E-state index is 0.889. The van der Waals surface area contributed by atoms with Crippen LogP contribution in [0.25, 0.3) is 0 Å². The molecule has 0 aromatic carbocycles. The van der Waals surface area contributed by atoms with Gasteiger partial charge in [0.2, 0.25) is 0 Å². The molecule has 0 aliphatic rings. The van der Waals surface area contributed by atoms with Crippen LogP contribution >= 0.6 is 11.8 Å². The van der Waals surface area contributed by atoms with E-state index in [0.717, 1.165) is 34.7 Å². The van der Waals surface area contributed by atoms with E-state index in [4.69, 9.17) is 0 Å². The van der Waals surface area contributed by atoms with Crippen LogP contribution in [-0.2, 0) is 7.05 Å². The Hall–Kier alpha value is -1.56. The van der Waals surface area contributed by atoms with Crippen molar-refractivity contribution in [3.8, 4) is 0 Å². The van der Waals surface area contributed by atoms with Crippen molar-refractivity contribution in [1.29, 1.82) is 0 Å². The van der Waals surface area contributed by atoms with Gasteiger partial charge in [-0.25, -0.2) is 4.98 Å². The first-order valence-corrected chi connectivity index (χ1v) is 6.76. The van der Waals surface area contributed by atoms with Gasteiger partial charge in [-0.1, -0.05) is 6.92 Å². The summed E-state index contributed by atoms with van der Waals surface area (Å²) in [7, 11) is 1.97. The standard InChI is InChI=1S/C12H17N5S/c1-4-6-13-11-8-10(5-7-14-11)18-12-16-15-9(2)17(12)3/h5,7-8H,4,6H2,1-3H3,(H,13,14). The summed E-state index contributed by atoms with van der Waals surface area (Å²) < 4.78 is 1.98. The lowest BCUT2D eigenvalue weighted by atomic mass is 10.4. The molecule has 6 heteroatoms. The van der Waals surface area contributed by atoms with Gasteiger partial charge in [0, 0.05) is 24.7 Å². The number of aryl methyl sites for hydroxylation is 1. The molecule has 0 atom stereocenters. The van der Waals surface area contributed by atoms with Crippen LogP contribution in [0.5, 0.6) is 0 Å². The fourth-order valence-electron chi connectivity index (χ4n) is 1.41. The van der Waals surface area contributed by atoms with Crippen molar-refractivity contribution >= 4 is 17.6 Å². The molecule has 0 fully saturated rings.